The van der Waals surface area contributed by atoms with Gasteiger partial charge in [0.25, 0.3) is 0 Å². The Bertz CT molecular complexity index is 456. The van der Waals surface area contributed by atoms with E-state index >= 15 is 0 Å². The Morgan fingerprint density at radius 3 is 2.17 bits per heavy atom. The molecule has 0 aromatic rings. The van der Waals surface area contributed by atoms with Gasteiger partial charge in [-0.15, -0.1) is 0 Å². The highest BCUT2D eigenvalue weighted by atomic mass is 32.2. The summed E-state index contributed by atoms with van der Waals surface area (Å²) < 4.78 is 36.5. The summed E-state index contributed by atoms with van der Waals surface area (Å²) in [6.45, 7) is 2.46. The van der Waals surface area contributed by atoms with Gasteiger partial charge in [0.15, 0.2) is 0 Å². The summed E-state index contributed by atoms with van der Waals surface area (Å²) in [6, 6.07) is -0.603. The number of thioether (sulfide) groups is 1. The van der Waals surface area contributed by atoms with Crippen molar-refractivity contribution in [1.29, 1.82) is 0 Å². The van der Waals surface area contributed by atoms with Crippen molar-refractivity contribution in [3.63, 3.8) is 0 Å². The van der Waals surface area contributed by atoms with Crippen LogP contribution in [0.5, 0.6) is 0 Å². The molecule has 0 heterocycles. The topological polar surface area (TPSA) is 159 Å². The summed E-state index contributed by atoms with van der Waals surface area (Å²) in [6.07, 6.45) is -0.326. The highest BCUT2D eigenvalue weighted by Crippen LogP contribution is 2.33. The van der Waals surface area contributed by atoms with E-state index in [1.54, 1.807) is 14.2 Å². The second kappa shape index (κ2) is 18.5. The number of carbonyl (C=O) groups excluding carboxylic acids is 1. The molecule has 174 valence electrons. The average Bonchev–Trinajstić information content (AvgIpc) is 2.66. The molecule has 0 spiro atoms. The van der Waals surface area contributed by atoms with Gasteiger partial charge in [-0.2, -0.15) is 11.8 Å². The fraction of sp³-hybridized carbons (Fsp3) is 0.938. The first-order chi connectivity index (χ1) is 13.8. The lowest BCUT2D eigenvalue weighted by atomic mass is 10.3. The van der Waals surface area contributed by atoms with Crippen LogP contribution in [0.2, 0.25) is 0 Å². The average molecular weight is 463 g/mol. The lowest BCUT2D eigenvalue weighted by Gasteiger charge is -2.16. The van der Waals surface area contributed by atoms with Crippen LogP contribution >= 0.6 is 19.4 Å². The van der Waals surface area contributed by atoms with Gasteiger partial charge in [-0.3, -0.25) is 9.36 Å². The standard InChI is InChI=1S/C16H35N2O9PS/c1-23-11-14(24-2)12-29-13-15(17)16(19)18-3-4-25-5-6-26-7-8-27-9-10-28(20,21)22/h14-15H,3-13,17H2,1-2H3,(H,18,19)(H2,20,21,22)/t14-,15+/m1/s1. The van der Waals surface area contributed by atoms with Gasteiger partial charge in [-0.25, -0.2) is 0 Å². The second-order valence-corrected chi connectivity index (χ2v) is 8.82. The Morgan fingerprint density at radius 2 is 1.62 bits per heavy atom. The Labute approximate surface area is 176 Å². The van der Waals surface area contributed by atoms with Gasteiger partial charge in [-0.05, 0) is 0 Å². The van der Waals surface area contributed by atoms with Gasteiger partial charge in [0.2, 0.25) is 5.91 Å². The predicted molar refractivity (Wildman–Crippen MR) is 110 cm³/mol. The summed E-state index contributed by atoms with van der Waals surface area (Å²) in [5.74, 6) is 0.953. The Kier molecular flexibility index (Phi) is 18.3. The molecule has 0 aromatic heterocycles. The van der Waals surface area contributed by atoms with Crippen molar-refractivity contribution >= 4 is 25.3 Å². The number of ether oxygens (including phenoxy) is 5. The van der Waals surface area contributed by atoms with Gasteiger partial charge in [-0.1, -0.05) is 0 Å². The molecule has 0 fully saturated rings. The van der Waals surface area contributed by atoms with Gasteiger partial charge in [0, 0.05) is 32.3 Å². The number of hydrogen-bond donors (Lipinski definition) is 4. The first-order valence-electron chi connectivity index (χ1n) is 9.20. The summed E-state index contributed by atoms with van der Waals surface area (Å²) in [5.41, 5.74) is 5.85. The highest BCUT2D eigenvalue weighted by Gasteiger charge is 2.15. The minimum absolute atomic E-state index is 0.00933. The molecule has 13 heteroatoms. The van der Waals surface area contributed by atoms with E-state index in [2.05, 4.69) is 5.32 Å². The largest absolute Gasteiger partial charge is 0.382 e. The third kappa shape index (κ3) is 19.4. The quantitative estimate of drug-likeness (QED) is 0.131. The molecule has 0 aliphatic rings. The summed E-state index contributed by atoms with van der Waals surface area (Å²) in [7, 11) is -0.779. The number of methoxy groups -OCH3 is 2. The van der Waals surface area contributed by atoms with Gasteiger partial charge >= 0.3 is 7.60 Å². The van der Waals surface area contributed by atoms with E-state index in [4.69, 9.17) is 39.2 Å². The van der Waals surface area contributed by atoms with E-state index in [9.17, 15) is 9.36 Å². The number of amides is 1. The first-order valence-corrected chi connectivity index (χ1v) is 12.2. The van der Waals surface area contributed by atoms with Crippen LogP contribution < -0.4 is 11.1 Å². The normalized spacial score (nSPS) is 14.0. The Morgan fingerprint density at radius 1 is 1.03 bits per heavy atom. The van der Waals surface area contributed by atoms with Crippen molar-refractivity contribution in [2.24, 2.45) is 5.73 Å². The molecule has 0 unspecified atom stereocenters. The molecule has 0 aromatic carbocycles. The minimum atomic E-state index is -4.00. The summed E-state index contributed by atoms with van der Waals surface area (Å²) in [5, 5.41) is 2.71. The molecule has 0 saturated heterocycles. The van der Waals surface area contributed by atoms with Crippen LogP contribution in [0, 0.1) is 0 Å². The molecule has 29 heavy (non-hydrogen) atoms. The molecular weight excluding hydrogens is 427 g/mol. The molecule has 5 N–H and O–H groups in total. The number of nitrogens with one attached hydrogen (secondary N) is 1. The molecule has 11 nitrogen and oxygen atoms in total. The molecule has 0 bridgehead atoms. The maximum atomic E-state index is 11.9. The monoisotopic (exact) mass is 462 g/mol. The van der Waals surface area contributed by atoms with E-state index in [0.29, 0.717) is 51.1 Å². The van der Waals surface area contributed by atoms with E-state index in [1.807, 2.05) is 0 Å². The third-order valence-electron chi connectivity index (χ3n) is 3.44. The van der Waals surface area contributed by atoms with Crippen molar-refractivity contribution in [1.82, 2.24) is 5.32 Å². The van der Waals surface area contributed by atoms with Crippen LogP contribution in [0.4, 0.5) is 0 Å². The number of rotatable bonds is 20. The Hall–Kier alpha value is -0.270. The molecular formula is C16H35N2O9PS. The first kappa shape index (κ1) is 28.7. The Balaban J connectivity index is 3.47. The van der Waals surface area contributed by atoms with E-state index in [-0.39, 0.29) is 31.4 Å². The fourth-order valence-electron chi connectivity index (χ4n) is 1.88. The third-order valence-corrected chi connectivity index (χ3v) is 5.41. The van der Waals surface area contributed by atoms with Crippen LogP contribution in [0.3, 0.4) is 0 Å². The summed E-state index contributed by atoms with van der Waals surface area (Å²) in [4.78, 5) is 29.2. The number of nitrogens with two attached hydrogens (primary N) is 1. The maximum absolute atomic E-state index is 11.9. The number of hydrogen-bond acceptors (Lipinski definition) is 9. The van der Waals surface area contributed by atoms with Crippen LogP contribution in [-0.4, -0.2) is 113 Å². The second-order valence-electron chi connectivity index (χ2n) is 5.97. The summed E-state index contributed by atoms with van der Waals surface area (Å²) >= 11 is 1.54. The van der Waals surface area contributed by atoms with Crippen molar-refractivity contribution in [3.05, 3.63) is 0 Å². The molecule has 0 rings (SSSR count). The zero-order valence-corrected chi connectivity index (χ0v) is 18.8. The molecule has 1 amide bonds. The van der Waals surface area contributed by atoms with Crippen molar-refractivity contribution in [2.75, 3.05) is 84.7 Å². The highest BCUT2D eigenvalue weighted by molar-refractivity contribution is 7.99. The van der Waals surface area contributed by atoms with Crippen molar-refractivity contribution in [2.45, 2.75) is 12.1 Å². The van der Waals surface area contributed by atoms with Gasteiger partial charge < -0.3 is 44.5 Å². The zero-order chi connectivity index (χ0) is 22.0. The SMILES string of the molecule is COC[C@H](CSC[C@H](N)C(=O)NCCOCCOCCOCCP(=O)(O)O)OC. The van der Waals surface area contributed by atoms with E-state index in [0.717, 1.165) is 0 Å². The lowest BCUT2D eigenvalue weighted by Crippen LogP contribution is -2.43. The fourth-order valence-corrected chi connectivity index (χ4v) is 3.28. The van der Waals surface area contributed by atoms with Crippen molar-refractivity contribution in [3.8, 4) is 0 Å². The van der Waals surface area contributed by atoms with Gasteiger partial charge in [0.05, 0.1) is 64.6 Å². The van der Waals surface area contributed by atoms with Crippen LogP contribution in [0.25, 0.3) is 0 Å². The lowest BCUT2D eigenvalue weighted by molar-refractivity contribution is -0.122. The van der Waals surface area contributed by atoms with Crippen LogP contribution in [0.1, 0.15) is 0 Å². The molecule has 0 aliphatic heterocycles. The minimum Gasteiger partial charge on any atom is -0.382 e. The van der Waals surface area contributed by atoms with E-state index in [1.165, 1.54) is 11.8 Å². The van der Waals surface area contributed by atoms with Crippen LogP contribution in [0.15, 0.2) is 0 Å². The smallest absolute Gasteiger partial charge is 0.327 e. The van der Waals surface area contributed by atoms with Crippen LogP contribution in [-0.2, 0) is 33.0 Å². The molecule has 0 saturated carbocycles. The predicted octanol–water partition coefficient (Wildman–Crippen LogP) is -0.948. The molecule has 2 atom stereocenters. The number of carbonyl (C=O) groups is 1. The zero-order valence-electron chi connectivity index (χ0n) is 17.1. The van der Waals surface area contributed by atoms with Gasteiger partial charge in [0.1, 0.15) is 0 Å². The molecule has 0 aliphatic carbocycles. The van der Waals surface area contributed by atoms with E-state index < -0.39 is 13.6 Å². The molecule has 0 radical (unpaired) electrons. The van der Waals surface area contributed by atoms with Crippen molar-refractivity contribution < 1.29 is 42.8 Å². The maximum Gasteiger partial charge on any atom is 0.327 e.